The normalized spacial score (nSPS) is 10.5. The molecule has 0 unspecified atom stereocenters. The van der Waals surface area contributed by atoms with Crippen LogP contribution in [0.4, 0.5) is 0 Å². The van der Waals surface area contributed by atoms with E-state index in [2.05, 4.69) is 9.97 Å². The molecule has 0 bridgehead atoms. The first-order valence-electron chi connectivity index (χ1n) is 6.42. The van der Waals surface area contributed by atoms with E-state index in [4.69, 9.17) is 13.9 Å². The SMILES string of the molecule is CCOC(=O)c1coc(Oc2cccc3cccnc23)n1. The second-order valence-corrected chi connectivity index (χ2v) is 4.15. The lowest BCUT2D eigenvalue weighted by atomic mass is 10.2. The van der Waals surface area contributed by atoms with Crippen LogP contribution in [0.15, 0.2) is 47.2 Å². The number of hydrogen-bond acceptors (Lipinski definition) is 6. The lowest BCUT2D eigenvalue weighted by Crippen LogP contribution is -2.04. The van der Waals surface area contributed by atoms with Crippen LogP contribution in [0.2, 0.25) is 0 Å². The molecule has 0 spiro atoms. The fraction of sp³-hybridized carbons (Fsp3) is 0.133. The molecule has 2 heterocycles. The fourth-order valence-corrected chi connectivity index (χ4v) is 1.86. The van der Waals surface area contributed by atoms with Gasteiger partial charge in [0.15, 0.2) is 11.4 Å². The molecule has 0 saturated carbocycles. The molecule has 0 N–H and O–H groups in total. The number of carbonyl (C=O) groups is 1. The zero-order chi connectivity index (χ0) is 14.7. The molecule has 0 aliphatic rings. The Hall–Kier alpha value is -2.89. The van der Waals surface area contributed by atoms with Crippen LogP contribution in [0.25, 0.3) is 10.9 Å². The quantitative estimate of drug-likeness (QED) is 0.685. The Morgan fingerprint density at radius 2 is 2.14 bits per heavy atom. The minimum absolute atomic E-state index is 0.0313. The van der Waals surface area contributed by atoms with E-state index in [1.807, 2.05) is 24.3 Å². The minimum atomic E-state index is -0.549. The molecule has 0 amide bonds. The Morgan fingerprint density at radius 3 is 3.00 bits per heavy atom. The maximum Gasteiger partial charge on any atom is 0.399 e. The predicted octanol–water partition coefficient (Wildman–Crippen LogP) is 3.19. The molecule has 6 nitrogen and oxygen atoms in total. The molecule has 21 heavy (non-hydrogen) atoms. The van der Waals surface area contributed by atoms with Gasteiger partial charge in [0.05, 0.1) is 6.61 Å². The Morgan fingerprint density at radius 1 is 1.29 bits per heavy atom. The van der Waals surface area contributed by atoms with Gasteiger partial charge in [-0.2, -0.15) is 4.98 Å². The first-order valence-corrected chi connectivity index (χ1v) is 6.42. The number of oxazole rings is 1. The van der Waals surface area contributed by atoms with Crippen LogP contribution < -0.4 is 4.74 Å². The van der Waals surface area contributed by atoms with E-state index < -0.39 is 5.97 Å². The Labute approximate surface area is 120 Å². The van der Waals surface area contributed by atoms with Crippen LogP contribution in [0.1, 0.15) is 17.4 Å². The van der Waals surface area contributed by atoms with Gasteiger partial charge >= 0.3 is 12.0 Å². The number of carbonyl (C=O) groups excluding carboxylic acids is 1. The summed E-state index contributed by atoms with van der Waals surface area (Å²) < 4.78 is 15.5. The Bertz CT molecular complexity index is 777. The predicted molar refractivity (Wildman–Crippen MR) is 74.3 cm³/mol. The second kappa shape index (κ2) is 5.62. The summed E-state index contributed by atoms with van der Waals surface area (Å²) in [6, 6.07) is 9.29. The van der Waals surface area contributed by atoms with Crippen molar-refractivity contribution in [3.05, 3.63) is 48.5 Å². The lowest BCUT2D eigenvalue weighted by molar-refractivity contribution is 0.0519. The van der Waals surface area contributed by atoms with Gasteiger partial charge in [0.25, 0.3) is 0 Å². The molecule has 6 heteroatoms. The third kappa shape index (κ3) is 2.69. The van der Waals surface area contributed by atoms with Gasteiger partial charge in [-0.25, -0.2) is 4.79 Å². The monoisotopic (exact) mass is 284 g/mol. The molecule has 3 rings (SSSR count). The number of aromatic nitrogens is 2. The average Bonchev–Trinajstić information content (AvgIpc) is 2.97. The van der Waals surface area contributed by atoms with E-state index in [9.17, 15) is 4.79 Å². The van der Waals surface area contributed by atoms with Gasteiger partial charge in [0.2, 0.25) is 0 Å². The number of benzene rings is 1. The third-order valence-electron chi connectivity index (χ3n) is 2.76. The number of esters is 1. The van der Waals surface area contributed by atoms with Gasteiger partial charge in [-0.3, -0.25) is 4.98 Å². The molecule has 0 atom stereocenters. The van der Waals surface area contributed by atoms with Crippen LogP contribution in [-0.4, -0.2) is 22.5 Å². The molecule has 0 aliphatic carbocycles. The largest absolute Gasteiger partial charge is 0.461 e. The smallest absolute Gasteiger partial charge is 0.399 e. The summed E-state index contributed by atoms with van der Waals surface area (Å²) in [6.07, 6.45) is 2.84. The van der Waals surface area contributed by atoms with Crippen LogP contribution in [0.3, 0.4) is 0 Å². The highest BCUT2D eigenvalue weighted by atomic mass is 16.6. The van der Waals surface area contributed by atoms with E-state index >= 15 is 0 Å². The molecule has 106 valence electrons. The van der Waals surface area contributed by atoms with Gasteiger partial charge in [0.1, 0.15) is 11.8 Å². The minimum Gasteiger partial charge on any atom is -0.461 e. The van der Waals surface area contributed by atoms with Gasteiger partial charge in [0, 0.05) is 11.6 Å². The van der Waals surface area contributed by atoms with Crippen LogP contribution in [-0.2, 0) is 4.74 Å². The standard InChI is InChI=1S/C15H12N2O4/c1-2-19-14(18)11-9-20-15(17-11)21-12-7-3-5-10-6-4-8-16-13(10)12/h3-9H,2H2,1H3. The number of para-hydroxylation sites is 1. The highest BCUT2D eigenvalue weighted by Gasteiger charge is 2.15. The molecule has 2 aromatic heterocycles. The van der Waals surface area contributed by atoms with Crippen molar-refractivity contribution in [3.63, 3.8) is 0 Å². The van der Waals surface area contributed by atoms with Crippen molar-refractivity contribution < 1.29 is 18.7 Å². The average molecular weight is 284 g/mol. The third-order valence-corrected chi connectivity index (χ3v) is 2.76. The maximum atomic E-state index is 11.5. The van der Waals surface area contributed by atoms with Gasteiger partial charge in [-0.1, -0.05) is 18.2 Å². The number of pyridine rings is 1. The second-order valence-electron chi connectivity index (χ2n) is 4.15. The summed E-state index contributed by atoms with van der Waals surface area (Å²) in [6.45, 7) is 1.99. The topological polar surface area (TPSA) is 74.5 Å². The number of ether oxygens (including phenoxy) is 2. The Balaban J connectivity index is 1.87. The molecular weight excluding hydrogens is 272 g/mol. The zero-order valence-corrected chi connectivity index (χ0v) is 11.3. The summed E-state index contributed by atoms with van der Waals surface area (Å²) in [7, 11) is 0. The van der Waals surface area contributed by atoms with E-state index in [0.717, 1.165) is 5.39 Å². The van der Waals surface area contributed by atoms with Crippen LogP contribution in [0.5, 0.6) is 11.8 Å². The van der Waals surface area contributed by atoms with Crippen molar-refractivity contribution in [2.24, 2.45) is 0 Å². The molecule has 0 aliphatic heterocycles. The van der Waals surface area contributed by atoms with E-state index in [1.165, 1.54) is 6.26 Å². The van der Waals surface area contributed by atoms with Crippen LogP contribution >= 0.6 is 0 Å². The number of fused-ring (bicyclic) bond motifs is 1. The molecule has 1 aromatic carbocycles. The van der Waals surface area contributed by atoms with Crippen LogP contribution in [0, 0.1) is 0 Å². The summed E-state index contributed by atoms with van der Waals surface area (Å²) in [5, 5.41) is 0.937. The van der Waals surface area contributed by atoms with Crippen molar-refractivity contribution in [1.29, 1.82) is 0 Å². The van der Waals surface area contributed by atoms with Gasteiger partial charge < -0.3 is 13.9 Å². The molecule has 3 aromatic rings. The highest BCUT2D eigenvalue weighted by molar-refractivity contribution is 5.87. The van der Waals surface area contributed by atoms with E-state index in [1.54, 1.807) is 19.2 Å². The summed E-state index contributed by atoms with van der Waals surface area (Å²) >= 11 is 0. The number of nitrogens with zero attached hydrogens (tertiary/aromatic N) is 2. The highest BCUT2D eigenvalue weighted by Crippen LogP contribution is 2.27. The van der Waals surface area contributed by atoms with Crippen molar-refractivity contribution >= 4 is 16.9 Å². The van der Waals surface area contributed by atoms with Gasteiger partial charge in [-0.15, -0.1) is 0 Å². The van der Waals surface area contributed by atoms with Crippen molar-refractivity contribution in [3.8, 4) is 11.8 Å². The molecule has 0 radical (unpaired) electrons. The van der Waals surface area contributed by atoms with Crippen molar-refractivity contribution in [2.75, 3.05) is 6.61 Å². The summed E-state index contributed by atoms with van der Waals surface area (Å²) in [5.74, 6) is -0.0440. The summed E-state index contributed by atoms with van der Waals surface area (Å²) in [4.78, 5) is 19.7. The van der Waals surface area contributed by atoms with Gasteiger partial charge in [-0.05, 0) is 19.1 Å². The van der Waals surface area contributed by atoms with E-state index in [0.29, 0.717) is 11.3 Å². The van der Waals surface area contributed by atoms with Crippen molar-refractivity contribution in [2.45, 2.75) is 6.92 Å². The number of rotatable bonds is 4. The number of hydrogen-bond donors (Lipinski definition) is 0. The molecular formula is C15H12N2O4. The molecule has 0 fully saturated rings. The molecule has 0 saturated heterocycles. The zero-order valence-electron chi connectivity index (χ0n) is 11.3. The van der Waals surface area contributed by atoms with Crippen molar-refractivity contribution in [1.82, 2.24) is 9.97 Å². The van der Waals surface area contributed by atoms with E-state index in [-0.39, 0.29) is 18.4 Å². The maximum absolute atomic E-state index is 11.5. The first-order chi connectivity index (χ1) is 10.3. The first kappa shape index (κ1) is 13.1. The Kier molecular flexibility index (Phi) is 3.51. The fourth-order valence-electron chi connectivity index (χ4n) is 1.86. The lowest BCUT2D eigenvalue weighted by Gasteiger charge is -2.03. The summed E-state index contributed by atoms with van der Waals surface area (Å²) in [5.41, 5.74) is 0.760.